The molecule has 1 heterocycles. The zero-order chi connectivity index (χ0) is 11.8. The number of benzene rings is 1. The summed E-state index contributed by atoms with van der Waals surface area (Å²) in [5.74, 6) is 1.99. The van der Waals surface area contributed by atoms with Crippen LogP contribution in [0.3, 0.4) is 0 Å². The molecule has 0 aromatic heterocycles. The number of alkyl halides is 3. The van der Waals surface area contributed by atoms with Gasteiger partial charge in [0.15, 0.2) is 0 Å². The molecule has 0 N–H and O–H groups in total. The molecule has 1 fully saturated rings. The van der Waals surface area contributed by atoms with E-state index in [0.717, 1.165) is 23.1 Å². The van der Waals surface area contributed by atoms with Gasteiger partial charge in [-0.3, -0.25) is 0 Å². The van der Waals surface area contributed by atoms with E-state index in [-0.39, 0.29) is 4.08 Å². The Labute approximate surface area is 101 Å². The molecule has 1 aliphatic rings. The van der Waals surface area contributed by atoms with Crippen molar-refractivity contribution in [2.24, 2.45) is 0 Å². The number of hydrogen-bond donors (Lipinski definition) is 0. The van der Waals surface area contributed by atoms with Crippen LogP contribution >= 0.6 is 23.5 Å². The van der Waals surface area contributed by atoms with Crippen LogP contribution in [0.4, 0.5) is 13.2 Å². The van der Waals surface area contributed by atoms with Crippen molar-refractivity contribution in [2.45, 2.75) is 17.2 Å². The van der Waals surface area contributed by atoms with E-state index in [4.69, 9.17) is 0 Å². The van der Waals surface area contributed by atoms with Crippen molar-refractivity contribution >= 4 is 23.5 Å². The lowest BCUT2D eigenvalue weighted by molar-refractivity contribution is -0.137. The average Bonchev–Trinajstić information content (AvgIpc) is 2.66. The smallest absolute Gasteiger partial charge is 0.166 e. The molecule has 0 atom stereocenters. The number of thioether (sulfide) groups is 2. The Morgan fingerprint density at radius 3 is 2.38 bits per heavy atom. The van der Waals surface area contributed by atoms with Crippen LogP contribution in [0, 0.1) is 0 Å². The molecule has 0 bridgehead atoms. The molecular formula is C11H11F3S2. The normalized spacial score (nSPS) is 20.0. The predicted molar refractivity (Wildman–Crippen MR) is 63.7 cm³/mol. The molecule has 1 aliphatic heterocycles. The third kappa shape index (κ3) is 2.35. The van der Waals surface area contributed by atoms with Gasteiger partial charge in [0.1, 0.15) is 0 Å². The Morgan fingerprint density at radius 1 is 1.19 bits per heavy atom. The van der Waals surface area contributed by atoms with Gasteiger partial charge < -0.3 is 0 Å². The van der Waals surface area contributed by atoms with E-state index in [9.17, 15) is 13.2 Å². The van der Waals surface area contributed by atoms with E-state index >= 15 is 0 Å². The molecule has 0 amide bonds. The highest BCUT2D eigenvalue weighted by Gasteiger charge is 2.35. The predicted octanol–water partition coefficient (Wildman–Crippen LogP) is 4.36. The zero-order valence-corrected chi connectivity index (χ0v) is 10.3. The van der Waals surface area contributed by atoms with E-state index in [1.54, 1.807) is 29.6 Å². The summed E-state index contributed by atoms with van der Waals surface area (Å²) in [4.78, 5) is 0. The molecular weight excluding hydrogens is 253 g/mol. The minimum atomic E-state index is -4.25. The Hall–Kier alpha value is -0.290. The summed E-state index contributed by atoms with van der Waals surface area (Å²) in [7, 11) is 0. The molecule has 2 rings (SSSR count). The van der Waals surface area contributed by atoms with Gasteiger partial charge in [0.05, 0.1) is 9.64 Å². The second-order valence-corrected chi connectivity index (χ2v) is 7.01. The van der Waals surface area contributed by atoms with Gasteiger partial charge in [-0.2, -0.15) is 13.2 Å². The minimum absolute atomic E-state index is 0.221. The molecule has 16 heavy (non-hydrogen) atoms. The molecule has 88 valence electrons. The van der Waals surface area contributed by atoms with Gasteiger partial charge in [0, 0.05) is 11.5 Å². The van der Waals surface area contributed by atoms with Gasteiger partial charge in [-0.05, 0) is 24.6 Å². The first-order valence-electron chi connectivity index (χ1n) is 4.87. The van der Waals surface area contributed by atoms with Gasteiger partial charge in [0.2, 0.25) is 0 Å². The SMILES string of the molecule is CC1(c2cccc(C(F)(F)F)c2)SCCS1. The lowest BCUT2D eigenvalue weighted by Gasteiger charge is -2.23. The van der Waals surface area contributed by atoms with Gasteiger partial charge in [-0.15, -0.1) is 23.5 Å². The Balaban J connectivity index is 2.36. The number of hydrogen-bond acceptors (Lipinski definition) is 2. The summed E-state index contributed by atoms with van der Waals surface area (Å²) in [6.45, 7) is 1.99. The first-order valence-corrected chi connectivity index (χ1v) is 6.85. The maximum Gasteiger partial charge on any atom is 0.416 e. The highest BCUT2D eigenvalue weighted by molar-refractivity contribution is 8.20. The van der Waals surface area contributed by atoms with Gasteiger partial charge in [-0.25, -0.2) is 0 Å². The third-order valence-electron chi connectivity index (χ3n) is 2.55. The van der Waals surface area contributed by atoms with Gasteiger partial charge in [-0.1, -0.05) is 12.1 Å². The van der Waals surface area contributed by atoms with Crippen molar-refractivity contribution in [3.8, 4) is 0 Å². The molecule has 1 aromatic rings. The summed E-state index contributed by atoms with van der Waals surface area (Å²) in [6, 6.07) is 5.66. The fourth-order valence-corrected chi connectivity index (χ4v) is 4.53. The minimum Gasteiger partial charge on any atom is -0.166 e. The molecule has 0 saturated carbocycles. The zero-order valence-electron chi connectivity index (χ0n) is 8.67. The molecule has 5 heteroatoms. The van der Waals surface area contributed by atoms with E-state index in [0.29, 0.717) is 0 Å². The fraction of sp³-hybridized carbons (Fsp3) is 0.455. The standard InChI is InChI=1S/C11H11F3S2/c1-10(15-5-6-16-10)8-3-2-4-9(7-8)11(12,13)14/h2-4,7H,5-6H2,1H3. The lowest BCUT2D eigenvalue weighted by Crippen LogP contribution is -2.11. The van der Waals surface area contributed by atoms with E-state index in [1.165, 1.54) is 12.1 Å². The van der Waals surface area contributed by atoms with Crippen LogP contribution in [0.15, 0.2) is 24.3 Å². The fourth-order valence-electron chi connectivity index (χ4n) is 1.66. The lowest BCUT2D eigenvalue weighted by atomic mass is 10.1. The molecule has 1 saturated heterocycles. The molecule has 0 radical (unpaired) electrons. The number of rotatable bonds is 1. The van der Waals surface area contributed by atoms with Gasteiger partial charge in [0.25, 0.3) is 0 Å². The van der Waals surface area contributed by atoms with Crippen LogP contribution < -0.4 is 0 Å². The highest BCUT2D eigenvalue weighted by atomic mass is 32.2. The van der Waals surface area contributed by atoms with E-state index < -0.39 is 11.7 Å². The Bertz CT molecular complexity index is 381. The molecule has 0 unspecified atom stereocenters. The molecule has 0 aliphatic carbocycles. The second-order valence-electron chi connectivity index (χ2n) is 3.72. The number of halogens is 3. The van der Waals surface area contributed by atoms with E-state index in [2.05, 4.69) is 0 Å². The summed E-state index contributed by atoms with van der Waals surface area (Å²) in [6.07, 6.45) is -4.25. The first-order chi connectivity index (χ1) is 7.42. The highest BCUT2D eigenvalue weighted by Crippen LogP contribution is 2.51. The topological polar surface area (TPSA) is 0 Å². The second kappa shape index (κ2) is 4.18. The molecule has 1 aromatic carbocycles. The summed E-state index contributed by atoms with van der Waals surface area (Å²) >= 11 is 3.43. The Kier molecular flexibility index (Phi) is 3.18. The van der Waals surface area contributed by atoms with Crippen LogP contribution in [0.5, 0.6) is 0 Å². The summed E-state index contributed by atoms with van der Waals surface area (Å²) < 4.78 is 37.5. The monoisotopic (exact) mass is 264 g/mol. The van der Waals surface area contributed by atoms with Crippen LogP contribution in [-0.4, -0.2) is 11.5 Å². The van der Waals surface area contributed by atoms with Crippen LogP contribution in [-0.2, 0) is 10.3 Å². The summed E-state index contributed by atoms with van der Waals surface area (Å²) in [5.41, 5.74) is 0.203. The maximum atomic E-state index is 12.6. The third-order valence-corrected chi connectivity index (χ3v) is 5.91. The van der Waals surface area contributed by atoms with Crippen LogP contribution in [0.1, 0.15) is 18.1 Å². The van der Waals surface area contributed by atoms with E-state index in [1.807, 2.05) is 6.92 Å². The quantitative estimate of drug-likeness (QED) is 0.739. The van der Waals surface area contributed by atoms with Crippen molar-refractivity contribution in [3.63, 3.8) is 0 Å². The summed E-state index contributed by atoms with van der Waals surface area (Å²) in [5, 5.41) is 0. The van der Waals surface area contributed by atoms with Gasteiger partial charge >= 0.3 is 6.18 Å². The van der Waals surface area contributed by atoms with Crippen molar-refractivity contribution in [1.82, 2.24) is 0 Å². The van der Waals surface area contributed by atoms with Crippen LogP contribution in [0.25, 0.3) is 0 Å². The van der Waals surface area contributed by atoms with Crippen molar-refractivity contribution in [2.75, 3.05) is 11.5 Å². The van der Waals surface area contributed by atoms with Crippen molar-refractivity contribution in [3.05, 3.63) is 35.4 Å². The van der Waals surface area contributed by atoms with Crippen molar-refractivity contribution in [1.29, 1.82) is 0 Å². The largest absolute Gasteiger partial charge is 0.416 e. The molecule has 0 spiro atoms. The molecule has 0 nitrogen and oxygen atoms in total. The first kappa shape index (κ1) is 12.2. The maximum absolute atomic E-state index is 12.6. The Morgan fingerprint density at radius 2 is 1.81 bits per heavy atom. The van der Waals surface area contributed by atoms with Crippen molar-refractivity contribution < 1.29 is 13.2 Å². The van der Waals surface area contributed by atoms with Crippen LogP contribution in [0.2, 0.25) is 0 Å². The average molecular weight is 264 g/mol.